The fourth-order valence-corrected chi connectivity index (χ4v) is 2.25. The fraction of sp³-hybridized carbons (Fsp3) is 0.909. The maximum Gasteiger partial charge on any atom is 0.196 e. The van der Waals surface area contributed by atoms with E-state index in [1.165, 1.54) is 0 Å². The van der Waals surface area contributed by atoms with Gasteiger partial charge in [-0.25, -0.2) is 0 Å². The van der Waals surface area contributed by atoms with Crippen molar-refractivity contribution in [1.82, 2.24) is 14.7 Å². The number of piperazine rings is 1. The van der Waals surface area contributed by atoms with Gasteiger partial charge >= 0.3 is 0 Å². The van der Waals surface area contributed by atoms with E-state index in [0.717, 1.165) is 58.4 Å². The first-order valence-corrected chi connectivity index (χ1v) is 6.04. The van der Waals surface area contributed by atoms with Gasteiger partial charge in [-0.05, 0) is 7.05 Å². The van der Waals surface area contributed by atoms with Gasteiger partial charge in [0.25, 0.3) is 0 Å². The van der Waals surface area contributed by atoms with Crippen molar-refractivity contribution in [1.29, 1.82) is 0 Å². The molecule has 2 aliphatic rings. The van der Waals surface area contributed by atoms with E-state index in [1.807, 2.05) is 7.05 Å². The lowest BCUT2D eigenvalue weighted by molar-refractivity contribution is 0.0598. The second kappa shape index (κ2) is 5.50. The first-order valence-electron chi connectivity index (χ1n) is 6.04. The fourth-order valence-electron chi connectivity index (χ4n) is 2.25. The first kappa shape index (κ1) is 11.7. The van der Waals surface area contributed by atoms with Crippen LogP contribution >= 0.6 is 0 Å². The molecule has 0 N–H and O–H groups in total. The molecule has 0 spiro atoms. The maximum atomic E-state index is 5.38. The highest BCUT2D eigenvalue weighted by Crippen LogP contribution is 2.06. The standard InChI is InChI=1S/C11H22N4O/c1-12-11(15-7-9-16-10-8-15)14-5-3-13(2)4-6-14/h3-10H2,1-2H3/b12-11-. The number of rotatable bonds is 0. The van der Waals surface area contributed by atoms with Crippen molar-refractivity contribution < 1.29 is 4.74 Å². The zero-order chi connectivity index (χ0) is 11.4. The lowest BCUT2D eigenvalue weighted by atomic mass is 10.3. The molecule has 0 amide bonds. The molecule has 5 nitrogen and oxygen atoms in total. The molecule has 2 heterocycles. The van der Waals surface area contributed by atoms with Crippen LogP contribution in [0.25, 0.3) is 0 Å². The van der Waals surface area contributed by atoms with Crippen molar-refractivity contribution in [2.45, 2.75) is 0 Å². The van der Waals surface area contributed by atoms with Gasteiger partial charge in [0, 0.05) is 46.3 Å². The second-order valence-corrected chi connectivity index (χ2v) is 4.41. The van der Waals surface area contributed by atoms with Gasteiger partial charge in [0.2, 0.25) is 0 Å². The summed E-state index contributed by atoms with van der Waals surface area (Å²) >= 11 is 0. The van der Waals surface area contributed by atoms with E-state index >= 15 is 0 Å². The molecule has 0 bridgehead atoms. The van der Waals surface area contributed by atoms with Crippen LogP contribution in [0.15, 0.2) is 4.99 Å². The molecule has 0 aromatic rings. The van der Waals surface area contributed by atoms with E-state index in [4.69, 9.17) is 4.74 Å². The minimum atomic E-state index is 0.826. The first-order chi connectivity index (χ1) is 7.81. The van der Waals surface area contributed by atoms with Crippen molar-refractivity contribution in [3.05, 3.63) is 0 Å². The number of likely N-dealkylation sites (N-methyl/N-ethyl adjacent to an activating group) is 1. The van der Waals surface area contributed by atoms with Crippen LogP contribution in [0, 0.1) is 0 Å². The van der Waals surface area contributed by atoms with Crippen molar-refractivity contribution in [2.75, 3.05) is 66.6 Å². The Morgan fingerprint density at radius 3 is 2.06 bits per heavy atom. The van der Waals surface area contributed by atoms with Crippen molar-refractivity contribution >= 4 is 5.96 Å². The van der Waals surface area contributed by atoms with Crippen LogP contribution in [-0.4, -0.2) is 87.2 Å². The van der Waals surface area contributed by atoms with E-state index in [9.17, 15) is 0 Å². The summed E-state index contributed by atoms with van der Waals surface area (Å²) in [6, 6.07) is 0. The van der Waals surface area contributed by atoms with Gasteiger partial charge in [0.1, 0.15) is 0 Å². The molecule has 2 fully saturated rings. The minimum absolute atomic E-state index is 0.826. The molecule has 0 radical (unpaired) electrons. The van der Waals surface area contributed by atoms with Crippen LogP contribution in [-0.2, 0) is 4.74 Å². The number of morpholine rings is 1. The highest BCUT2D eigenvalue weighted by Gasteiger charge is 2.22. The number of aliphatic imine (C=N–C) groups is 1. The molecule has 2 aliphatic heterocycles. The van der Waals surface area contributed by atoms with E-state index in [-0.39, 0.29) is 0 Å². The van der Waals surface area contributed by atoms with Crippen molar-refractivity contribution in [3.63, 3.8) is 0 Å². The average molecular weight is 226 g/mol. The summed E-state index contributed by atoms with van der Waals surface area (Å²) in [5.74, 6) is 1.15. The van der Waals surface area contributed by atoms with Crippen LogP contribution in [0.2, 0.25) is 0 Å². The van der Waals surface area contributed by atoms with Crippen LogP contribution in [0.4, 0.5) is 0 Å². The van der Waals surface area contributed by atoms with Gasteiger partial charge in [-0.15, -0.1) is 0 Å². The van der Waals surface area contributed by atoms with E-state index in [2.05, 4.69) is 26.7 Å². The summed E-state index contributed by atoms with van der Waals surface area (Å²) < 4.78 is 5.38. The van der Waals surface area contributed by atoms with Gasteiger partial charge in [-0.1, -0.05) is 0 Å². The van der Waals surface area contributed by atoms with Gasteiger partial charge in [-0.2, -0.15) is 0 Å². The second-order valence-electron chi connectivity index (χ2n) is 4.41. The number of nitrogens with zero attached hydrogens (tertiary/aromatic N) is 4. The number of hydrogen-bond acceptors (Lipinski definition) is 3. The molecule has 0 aromatic carbocycles. The molecule has 0 atom stereocenters. The Morgan fingerprint density at radius 2 is 1.50 bits per heavy atom. The third-order valence-corrected chi connectivity index (χ3v) is 3.28. The largest absolute Gasteiger partial charge is 0.378 e. The third kappa shape index (κ3) is 2.65. The van der Waals surface area contributed by atoms with Gasteiger partial charge in [0.05, 0.1) is 13.2 Å². The number of guanidine groups is 1. The van der Waals surface area contributed by atoms with Crippen molar-refractivity contribution in [2.24, 2.45) is 4.99 Å². The Kier molecular flexibility index (Phi) is 4.01. The smallest absolute Gasteiger partial charge is 0.196 e. The zero-order valence-corrected chi connectivity index (χ0v) is 10.4. The monoisotopic (exact) mass is 226 g/mol. The van der Waals surface area contributed by atoms with Crippen LogP contribution in [0.3, 0.4) is 0 Å². The summed E-state index contributed by atoms with van der Waals surface area (Å²) in [5.41, 5.74) is 0. The Bertz CT molecular complexity index is 242. The predicted octanol–water partition coefficient (Wildman–Crippen LogP) is -0.448. The Hall–Kier alpha value is -0.810. The molecule has 2 rings (SSSR count). The molecule has 2 saturated heterocycles. The highest BCUT2D eigenvalue weighted by atomic mass is 16.5. The van der Waals surface area contributed by atoms with E-state index in [1.54, 1.807) is 0 Å². The molecule has 0 unspecified atom stereocenters. The van der Waals surface area contributed by atoms with E-state index < -0.39 is 0 Å². The third-order valence-electron chi connectivity index (χ3n) is 3.28. The lowest BCUT2D eigenvalue weighted by Crippen LogP contribution is -2.54. The molecule has 0 aromatic heterocycles. The van der Waals surface area contributed by atoms with Gasteiger partial charge in [-0.3, -0.25) is 4.99 Å². The Balaban J connectivity index is 1.94. The highest BCUT2D eigenvalue weighted by molar-refractivity contribution is 5.80. The number of ether oxygens (including phenoxy) is 1. The summed E-state index contributed by atoms with van der Waals surface area (Å²) in [6.07, 6.45) is 0. The van der Waals surface area contributed by atoms with Crippen molar-refractivity contribution in [3.8, 4) is 0 Å². The summed E-state index contributed by atoms with van der Waals surface area (Å²) in [6.45, 7) is 8.02. The molecule has 5 heteroatoms. The van der Waals surface area contributed by atoms with Crippen LogP contribution in [0.1, 0.15) is 0 Å². The van der Waals surface area contributed by atoms with E-state index in [0.29, 0.717) is 0 Å². The quantitative estimate of drug-likeness (QED) is 0.414. The van der Waals surface area contributed by atoms with Gasteiger partial charge < -0.3 is 19.4 Å². The zero-order valence-electron chi connectivity index (χ0n) is 10.4. The van der Waals surface area contributed by atoms with Crippen LogP contribution < -0.4 is 0 Å². The Morgan fingerprint density at radius 1 is 0.938 bits per heavy atom. The molecular formula is C11H22N4O. The van der Waals surface area contributed by atoms with Gasteiger partial charge in [0.15, 0.2) is 5.96 Å². The molecular weight excluding hydrogens is 204 g/mol. The molecule has 16 heavy (non-hydrogen) atoms. The molecule has 0 aliphatic carbocycles. The average Bonchev–Trinajstić information content (AvgIpc) is 2.34. The topological polar surface area (TPSA) is 31.3 Å². The van der Waals surface area contributed by atoms with Crippen LogP contribution in [0.5, 0.6) is 0 Å². The minimum Gasteiger partial charge on any atom is -0.378 e. The summed E-state index contributed by atoms with van der Waals surface area (Å²) in [5, 5.41) is 0. The number of hydrogen-bond donors (Lipinski definition) is 0. The lowest BCUT2D eigenvalue weighted by Gasteiger charge is -2.40. The Labute approximate surface area is 97.7 Å². The normalized spacial score (nSPS) is 25.0. The maximum absolute atomic E-state index is 5.38. The summed E-state index contributed by atoms with van der Waals surface area (Å²) in [7, 11) is 4.07. The molecule has 0 saturated carbocycles. The molecule has 92 valence electrons. The predicted molar refractivity (Wildman–Crippen MR) is 64.8 cm³/mol. The SMILES string of the molecule is C/N=C(\N1CCOCC1)N1CCN(C)CC1. The summed E-state index contributed by atoms with van der Waals surface area (Å²) in [4.78, 5) is 11.6.